The van der Waals surface area contributed by atoms with E-state index in [2.05, 4.69) is 4.83 Å². The molecule has 2 rings (SSSR count). The van der Waals surface area contributed by atoms with Crippen LogP contribution in [0.4, 0.5) is 5.69 Å². The Kier molecular flexibility index (Phi) is 4.26. The van der Waals surface area contributed by atoms with Gasteiger partial charge in [0.15, 0.2) is 0 Å². The van der Waals surface area contributed by atoms with Crippen molar-refractivity contribution in [1.29, 1.82) is 0 Å². The summed E-state index contributed by atoms with van der Waals surface area (Å²) < 4.78 is 24.6. The van der Waals surface area contributed by atoms with Crippen molar-refractivity contribution in [3.05, 3.63) is 23.8 Å². The second-order valence-corrected chi connectivity index (χ2v) is 6.33. The third kappa shape index (κ3) is 3.27. The molecule has 1 heterocycles. The van der Waals surface area contributed by atoms with Crippen LogP contribution in [0.2, 0.25) is 0 Å². The molecule has 0 radical (unpaired) electrons. The summed E-state index contributed by atoms with van der Waals surface area (Å²) in [6, 6.07) is 3.73. The van der Waals surface area contributed by atoms with Gasteiger partial charge in [0, 0.05) is 18.8 Å². The number of hydrogen-bond donors (Lipinski definition) is 3. The summed E-state index contributed by atoms with van der Waals surface area (Å²) in [6.45, 7) is 1.24. The van der Waals surface area contributed by atoms with Crippen molar-refractivity contribution in [1.82, 2.24) is 9.84 Å². The van der Waals surface area contributed by atoms with Gasteiger partial charge in [-0.25, -0.2) is 18.2 Å². The maximum absolute atomic E-state index is 12.3. The number of nitrogens with one attached hydrogen (secondary N) is 1. The maximum atomic E-state index is 12.3. The molecule has 1 aliphatic heterocycles. The normalized spacial score (nSPS) is 17.0. The van der Waals surface area contributed by atoms with Gasteiger partial charge in [0.25, 0.3) is 10.0 Å². The second kappa shape index (κ2) is 5.78. The number of nitrogens with zero attached hydrogens (tertiary/aromatic N) is 1. The quantitative estimate of drug-likeness (QED) is 0.703. The van der Waals surface area contributed by atoms with Gasteiger partial charge >= 0.3 is 5.97 Å². The van der Waals surface area contributed by atoms with Gasteiger partial charge in [0.2, 0.25) is 0 Å². The van der Waals surface area contributed by atoms with Crippen LogP contribution in [0.25, 0.3) is 0 Å². The minimum Gasteiger partial charge on any atom is -0.478 e. The minimum atomic E-state index is -3.91. The summed E-state index contributed by atoms with van der Waals surface area (Å²) >= 11 is 0. The Bertz CT molecular complexity index is 609. The van der Waals surface area contributed by atoms with Gasteiger partial charge in [-0.1, -0.05) is 6.42 Å². The Morgan fingerprint density at radius 2 is 1.90 bits per heavy atom. The van der Waals surface area contributed by atoms with Crippen LogP contribution in [0, 0.1) is 0 Å². The summed E-state index contributed by atoms with van der Waals surface area (Å²) in [4.78, 5) is 13.3. The van der Waals surface area contributed by atoms with Crippen LogP contribution in [-0.4, -0.2) is 37.6 Å². The van der Waals surface area contributed by atoms with E-state index >= 15 is 0 Å². The zero-order valence-electron chi connectivity index (χ0n) is 10.9. The molecular weight excluding hydrogens is 282 g/mol. The lowest BCUT2D eigenvalue weighted by Crippen LogP contribution is -2.45. The third-order valence-corrected chi connectivity index (χ3v) is 4.56. The van der Waals surface area contributed by atoms with E-state index in [0.29, 0.717) is 13.1 Å². The Morgan fingerprint density at radius 3 is 2.50 bits per heavy atom. The van der Waals surface area contributed by atoms with Crippen LogP contribution >= 0.6 is 0 Å². The largest absolute Gasteiger partial charge is 0.478 e. The van der Waals surface area contributed by atoms with E-state index in [4.69, 9.17) is 10.8 Å². The lowest BCUT2D eigenvalue weighted by Gasteiger charge is -2.26. The fourth-order valence-electron chi connectivity index (χ4n) is 2.15. The van der Waals surface area contributed by atoms with Crippen molar-refractivity contribution in [3.8, 4) is 0 Å². The molecule has 0 unspecified atom stereocenters. The van der Waals surface area contributed by atoms with Crippen LogP contribution < -0.4 is 10.6 Å². The van der Waals surface area contributed by atoms with E-state index in [1.165, 1.54) is 12.1 Å². The van der Waals surface area contributed by atoms with Crippen molar-refractivity contribution < 1.29 is 18.3 Å². The molecule has 1 saturated heterocycles. The molecule has 20 heavy (non-hydrogen) atoms. The number of benzene rings is 1. The standard InChI is InChI=1S/C12H17N3O4S/c13-9-4-5-11(10(8-9)12(16)17)20(18,19)14-15-6-2-1-3-7-15/h4-5,8,14H,1-3,6-7,13H2,(H,16,17). The highest BCUT2D eigenvalue weighted by molar-refractivity contribution is 7.89. The molecule has 1 aromatic rings. The molecule has 8 heteroatoms. The van der Waals surface area contributed by atoms with E-state index in [1.807, 2.05) is 0 Å². The Labute approximate surface area is 117 Å². The lowest BCUT2D eigenvalue weighted by molar-refractivity contribution is 0.0692. The SMILES string of the molecule is Nc1ccc(S(=O)(=O)NN2CCCCC2)c(C(=O)O)c1. The predicted molar refractivity (Wildman–Crippen MR) is 73.6 cm³/mol. The van der Waals surface area contributed by atoms with Gasteiger partial charge in [-0.05, 0) is 31.0 Å². The number of nitrogens with two attached hydrogens (primary N) is 1. The topological polar surface area (TPSA) is 113 Å². The van der Waals surface area contributed by atoms with Gasteiger partial charge in [-0.15, -0.1) is 4.83 Å². The van der Waals surface area contributed by atoms with E-state index in [0.717, 1.165) is 25.3 Å². The van der Waals surface area contributed by atoms with Crippen molar-refractivity contribution in [2.45, 2.75) is 24.2 Å². The number of hydrazine groups is 1. The van der Waals surface area contributed by atoms with Crippen LogP contribution in [0.5, 0.6) is 0 Å². The summed E-state index contributed by atoms with van der Waals surface area (Å²) in [5.74, 6) is -1.32. The van der Waals surface area contributed by atoms with Gasteiger partial charge < -0.3 is 10.8 Å². The summed E-state index contributed by atoms with van der Waals surface area (Å²) in [5.41, 5.74) is 5.39. The fourth-order valence-corrected chi connectivity index (χ4v) is 3.46. The number of nitrogen functional groups attached to an aromatic ring is 1. The fraction of sp³-hybridized carbons (Fsp3) is 0.417. The predicted octanol–water partition coefficient (Wildman–Crippen LogP) is 0.646. The second-order valence-electron chi connectivity index (χ2n) is 4.70. The van der Waals surface area contributed by atoms with Gasteiger partial charge in [0.05, 0.1) is 10.5 Å². The minimum absolute atomic E-state index is 0.208. The zero-order valence-corrected chi connectivity index (χ0v) is 11.7. The number of carboxylic acid groups (broad SMARTS) is 1. The molecule has 4 N–H and O–H groups in total. The Hall–Kier alpha value is -1.64. The first-order valence-electron chi connectivity index (χ1n) is 6.30. The van der Waals surface area contributed by atoms with Crippen LogP contribution in [0.15, 0.2) is 23.1 Å². The first-order valence-corrected chi connectivity index (χ1v) is 7.79. The number of carboxylic acids is 1. The average Bonchev–Trinajstić information content (AvgIpc) is 2.38. The Morgan fingerprint density at radius 1 is 1.25 bits per heavy atom. The summed E-state index contributed by atoms with van der Waals surface area (Å²) in [5, 5.41) is 10.7. The number of piperidine rings is 1. The third-order valence-electron chi connectivity index (χ3n) is 3.13. The van der Waals surface area contributed by atoms with Crippen molar-refractivity contribution in [2.75, 3.05) is 18.8 Å². The molecule has 1 aromatic carbocycles. The maximum Gasteiger partial charge on any atom is 0.337 e. The van der Waals surface area contributed by atoms with E-state index in [-0.39, 0.29) is 16.1 Å². The number of sulfonamides is 1. The van der Waals surface area contributed by atoms with Crippen LogP contribution in [0.3, 0.4) is 0 Å². The summed E-state index contributed by atoms with van der Waals surface area (Å²) in [6.07, 6.45) is 2.90. The van der Waals surface area contributed by atoms with Crippen molar-refractivity contribution in [3.63, 3.8) is 0 Å². The molecule has 0 amide bonds. The molecular formula is C12H17N3O4S. The molecule has 0 spiro atoms. The average molecular weight is 299 g/mol. The first kappa shape index (κ1) is 14.8. The van der Waals surface area contributed by atoms with Crippen molar-refractivity contribution >= 4 is 21.7 Å². The summed E-state index contributed by atoms with van der Waals surface area (Å²) in [7, 11) is -3.91. The molecule has 110 valence electrons. The lowest BCUT2D eigenvalue weighted by atomic mass is 10.2. The molecule has 7 nitrogen and oxygen atoms in total. The van der Waals surface area contributed by atoms with Gasteiger partial charge in [-0.3, -0.25) is 0 Å². The molecule has 0 atom stereocenters. The molecule has 0 aromatic heterocycles. The monoisotopic (exact) mass is 299 g/mol. The number of hydrogen-bond acceptors (Lipinski definition) is 5. The molecule has 0 bridgehead atoms. The first-order chi connectivity index (χ1) is 9.40. The highest BCUT2D eigenvalue weighted by atomic mass is 32.2. The van der Waals surface area contributed by atoms with Crippen molar-refractivity contribution in [2.24, 2.45) is 0 Å². The van der Waals surface area contributed by atoms with E-state index < -0.39 is 16.0 Å². The zero-order chi connectivity index (χ0) is 14.8. The number of aromatic carboxylic acids is 1. The number of anilines is 1. The molecule has 1 aliphatic rings. The molecule has 1 fully saturated rings. The Balaban J connectivity index is 2.31. The number of carbonyl (C=O) groups is 1. The van der Waals surface area contributed by atoms with Crippen LogP contribution in [-0.2, 0) is 10.0 Å². The van der Waals surface area contributed by atoms with Gasteiger partial charge in [-0.2, -0.15) is 0 Å². The van der Waals surface area contributed by atoms with E-state index in [1.54, 1.807) is 5.01 Å². The number of rotatable bonds is 4. The highest BCUT2D eigenvalue weighted by Crippen LogP contribution is 2.20. The van der Waals surface area contributed by atoms with E-state index in [9.17, 15) is 13.2 Å². The highest BCUT2D eigenvalue weighted by Gasteiger charge is 2.25. The van der Waals surface area contributed by atoms with Gasteiger partial charge in [0.1, 0.15) is 0 Å². The van der Waals surface area contributed by atoms with Crippen LogP contribution in [0.1, 0.15) is 29.6 Å². The molecule has 0 saturated carbocycles. The smallest absolute Gasteiger partial charge is 0.337 e. The molecule has 0 aliphatic carbocycles.